The number of benzene rings is 1. The zero-order valence-corrected chi connectivity index (χ0v) is 19.7. The first-order valence-electron chi connectivity index (χ1n) is 11.7. The van der Waals surface area contributed by atoms with Gasteiger partial charge in [-0.05, 0) is 36.6 Å². The van der Waals surface area contributed by atoms with Crippen molar-refractivity contribution in [3.05, 3.63) is 58.6 Å². The molecule has 0 unspecified atom stereocenters. The van der Waals surface area contributed by atoms with Crippen LogP contribution in [0.15, 0.2) is 51.8 Å². The summed E-state index contributed by atoms with van der Waals surface area (Å²) < 4.78 is 16.4. The summed E-state index contributed by atoms with van der Waals surface area (Å²) >= 11 is 0. The number of ether oxygens (including phenoxy) is 2. The minimum Gasteiger partial charge on any atom is -0.478 e. The van der Waals surface area contributed by atoms with Crippen molar-refractivity contribution in [1.82, 2.24) is 4.98 Å². The molecule has 178 valence electrons. The Hall–Kier alpha value is -3.66. The highest BCUT2D eigenvalue weighted by molar-refractivity contribution is 5.82. The molecule has 0 bridgehead atoms. The van der Waals surface area contributed by atoms with E-state index in [1.165, 1.54) is 6.20 Å². The number of esters is 1. The third-order valence-corrected chi connectivity index (χ3v) is 5.40. The van der Waals surface area contributed by atoms with Crippen molar-refractivity contribution < 1.29 is 18.7 Å². The molecule has 0 atom stereocenters. The van der Waals surface area contributed by atoms with E-state index in [1.807, 2.05) is 13.8 Å². The summed E-state index contributed by atoms with van der Waals surface area (Å²) in [5, 5.41) is 9.82. The third kappa shape index (κ3) is 7.17. The molecular formula is C27H30N2O5. The van der Waals surface area contributed by atoms with Crippen LogP contribution in [-0.4, -0.2) is 24.2 Å². The lowest BCUT2D eigenvalue weighted by molar-refractivity contribution is -0.147. The summed E-state index contributed by atoms with van der Waals surface area (Å²) in [5.41, 5.74) is 1.41. The Bertz CT molecular complexity index is 1210. The van der Waals surface area contributed by atoms with Crippen molar-refractivity contribution in [3.63, 3.8) is 0 Å². The summed E-state index contributed by atoms with van der Waals surface area (Å²) in [6.07, 6.45) is 7.60. The monoisotopic (exact) mass is 462 g/mol. The predicted molar refractivity (Wildman–Crippen MR) is 129 cm³/mol. The molecule has 3 aromatic rings. The third-order valence-electron chi connectivity index (χ3n) is 5.40. The molecule has 1 aromatic carbocycles. The maximum absolute atomic E-state index is 12.4. The molecular weight excluding hydrogens is 432 g/mol. The highest BCUT2D eigenvalue weighted by Gasteiger charge is 2.10. The number of fused-ring (bicyclic) bond motifs is 1. The maximum atomic E-state index is 12.4. The van der Waals surface area contributed by atoms with Gasteiger partial charge in [0.2, 0.25) is 5.88 Å². The number of carbonyl (C=O) groups excluding carboxylic acids is 1. The van der Waals surface area contributed by atoms with Crippen LogP contribution in [0.2, 0.25) is 0 Å². The molecule has 7 heteroatoms. The van der Waals surface area contributed by atoms with Gasteiger partial charge in [0.1, 0.15) is 0 Å². The highest BCUT2D eigenvalue weighted by Crippen LogP contribution is 2.24. The molecule has 0 saturated carbocycles. The Kier molecular flexibility index (Phi) is 9.21. The van der Waals surface area contributed by atoms with E-state index in [9.17, 15) is 9.59 Å². The Morgan fingerprint density at radius 3 is 2.53 bits per heavy atom. The fraction of sp³-hybridized carbons (Fsp3) is 0.407. The minimum absolute atomic E-state index is 0.0702. The fourth-order valence-corrected chi connectivity index (χ4v) is 3.47. The van der Waals surface area contributed by atoms with Crippen molar-refractivity contribution in [2.24, 2.45) is 5.92 Å². The molecule has 34 heavy (non-hydrogen) atoms. The Morgan fingerprint density at radius 1 is 1.06 bits per heavy atom. The van der Waals surface area contributed by atoms with E-state index in [0.717, 1.165) is 38.5 Å². The van der Waals surface area contributed by atoms with Crippen molar-refractivity contribution in [2.75, 3.05) is 13.2 Å². The number of unbranched alkanes of at least 4 members (excludes halogenated alkanes) is 5. The predicted octanol–water partition coefficient (Wildman–Crippen LogP) is 5.65. The smallest absolute Gasteiger partial charge is 0.344 e. The first-order chi connectivity index (χ1) is 16.5. The molecule has 0 aliphatic rings. The minimum atomic E-state index is -0.476. The molecule has 0 radical (unpaired) electrons. The van der Waals surface area contributed by atoms with Crippen LogP contribution in [-0.2, 0) is 9.53 Å². The number of rotatable bonds is 12. The van der Waals surface area contributed by atoms with Crippen molar-refractivity contribution in [2.45, 2.75) is 52.4 Å². The molecule has 0 amide bonds. The van der Waals surface area contributed by atoms with Gasteiger partial charge in [-0.15, -0.1) is 0 Å². The van der Waals surface area contributed by atoms with Crippen LogP contribution >= 0.6 is 0 Å². The van der Waals surface area contributed by atoms with Crippen molar-refractivity contribution >= 4 is 16.9 Å². The SMILES string of the molecule is CC(C)C(=O)OCCCCCCCCOc1cc2cc(-c3cccc(C#N)c3)c(=O)oc2cn1. The van der Waals surface area contributed by atoms with Crippen LogP contribution < -0.4 is 10.4 Å². The Labute approximate surface area is 199 Å². The van der Waals surface area contributed by atoms with Crippen LogP contribution in [0, 0.1) is 17.2 Å². The van der Waals surface area contributed by atoms with Crippen LogP contribution in [0.5, 0.6) is 5.88 Å². The van der Waals surface area contributed by atoms with E-state index < -0.39 is 5.63 Å². The molecule has 0 saturated heterocycles. The van der Waals surface area contributed by atoms with Gasteiger partial charge in [0.25, 0.3) is 0 Å². The zero-order valence-electron chi connectivity index (χ0n) is 19.7. The molecule has 0 fully saturated rings. The Morgan fingerprint density at radius 2 is 1.79 bits per heavy atom. The van der Waals surface area contributed by atoms with Gasteiger partial charge in [0.05, 0.1) is 42.5 Å². The summed E-state index contributed by atoms with van der Waals surface area (Å²) in [6, 6.07) is 12.4. The fourth-order valence-electron chi connectivity index (χ4n) is 3.47. The average molecular weight is 463 g/mol. The van der Waals surface area contributed by atoms with E-state index in [0.29, 0.717) is 46.8 Å². The first kappa shape index (κ1) is 25.0. The maximum Gasteiger partial charge on any atom is 0.344 e. The Balaban J connectivity index is 1.45. The number of hydrogen-bond donors (Lipinski definition) is 0. The highest BCUT2D eigenvalue weighted by atomic mass is 16.5. The van der Waals surface area contributed by atoms with E-state index >= 15 is 0 Å². The number of nitrogens with zero attached hydrogens (tertiary/aromatic N) is 2. The van der Waals surface area contributed by atoms with Gasteiger partial charge < -0.3 is 13.9 Å². The quantitative estimate of drug-likeness (QED) is 0.253. The van der Waals surface area contributed by atoms with E-state index in [-0.39, 0.29) is 11.9 Å². The lowest BCUT2D eigenvalue weighted by Gasteiger charge is -2.08. The molecule has 0 aliphatic carbocycles. The van der Waals surface area contributed by atoms with Crippen molar-refractivity contribution in [3.8, 4) is 23.1 Å². The van der Waals surface area contributed by atoms with Gasteiger partial charge in [-0.3, -0.25) is 4.79 Å². The van der Waals surface area contributed by atoms with E-state index in [1.54, 1.807) is 36.4 Å². The summed E-state index contributed by atoms with van der Waals surface area (Å²) in [7, 11) is 0. The number of hydrogen-bond acceptors (Lipinski definition) is 7. The van der Waals surface area contributed by atoms with E-state index in [2.05, 4.69) is 11.1 Å². The van der Waals surface area contributed by atoms with Crippen LogP contribution in [0.4, 0.5) is 0 Å². The normalized spacial score (nSPS) is 10.9. The van der Waals surface area contributed by atoms with Gasteiger partial charge in [-0.1, -0.05) is 51.7 Å². The topological polar surface area (TPSA) is 102 Å². The summed E-state index contributed by atoms with van der Waals surface area (Å²) in [4.78, 5) is 28.0. The second-order valence-corrected chi connectivity index (χ2v) is 8.49. The number of carbonyl (C=O) groups is 1. The van der Waals surface area contributed by atoms with Crippen LogP contribution in [0.25, 0.3) is 22.1 Å². The lowest BCUT2D eigenvalue weighted by atomic mass is 10.0. The lowest BCUT2D eigenvalue weighted by Crippen LogP contribution is -2.12. The standard InChI is InChI=1S/C27H30N2O5/c1-19(2)26(30)33-13-8-6-4-3-5-7-12-32-25-16-22-15-23(27(31)34-24(22)18-29-25)21-11-9-10-20(14-21)17-28/h9-11,14-16,18-19H,3-8,12-13H2,1-2H3. The molecule has 2 aromatic heterocycles. The molecule has 0 aliphatic heterocycles. The molecule has 2 heterocycles. The molecule has 0 spiro atoms. The average Bonchev–Trinajstić information content (AvgIpc) is 2.84. The van der Waals surface area contributed by atoms with Gasteiger partial charge in [0.15, 0.2) is 5.58 Å². The van der Waals surface area contributed by atoms with Gasteiger partial charge in [-0.2, -0.15) is 5.26 Å². The van der Waals surface area contributed by atoms with E-state index in [4.69, 9.17) is 19.2 Å². The first-order valence-corrected chi connectivity index (χ1v) is 11.7. The van der Waals surface area contributed by atoms with Gasteiger partial charge >= 0.3 is 11.6 Å². The second-order valence-electron chi connectivity index (χ2n) is 8.49. The molecule has 0 N–H and O–H groups in total. The molecule has 7 nitrogen and oxygen atoms in total. The number of pyridine rings is 1. The zero-order chi connectivity index (χ0) is 24.3. The summed E-state index contributed by atoms with van der Waals surface area (Å²) in [5.74, 6) is 0.273. The van der Waals surface area contributed by atoms with Crippen molar-refractivity contribution in [1.29, 1.82) is 5.26 Å². The van der Waals surface area contributed by atoms with Gasteiger partial charge in [-0.25, -0.2) is 9.78 Å². The molecule has 3 rings (SSSR count). The largest absolute Gasteiger partial charge is 0.478 e. The summed E-state index contributed by atoms with van der Waals surface area (Å²) in [6.45, 7) is 4.73. The van der Waals surface area contributed by atoms with Crippen LogP contribution in [0.1, 0.15) is 57.9 Å². The number of aromatic nitrogens is 1. The van der Waals surface area contributed by atoms with Gasteiger partial charge in [0, 0.05) is 11.5 Å². The second kappa shape index (κ2) is 12.5. The number of nitriles is 1. The van der Waals surface area contributed by atoms with Crippen LogP contribution in [0.3, 0.4) is 0 Å².